The minimum absolute atomic E-state index is 0.139. The molecule has 0 aromatic heterocycles. The monoisotopic (exact) mass is 187 g/mol. The van der Waals surface area contributed by atoms with Crippen molar-refractivity contribution >= 4 is 14.9 Å². The molecule has 1 heterocycles. The molecule has 0 aliphatic carbocycles. The molecule has 1 unspecified atom stereocenters. The van der Waals surface area contributed by atoms with Gasteiger partial charge in [0.1, 0.15) is 6.61 Å². The third-order valence-electron chi connectivity index (χ3n) is 2.76. The number of likely N-dealkylation sites (N-methyl/N-ethyl adjacent to an activating group) is 1. The molecule has 12 heavy (non-hydrogen) atoms. The lowest BCUT2D eigenvalue weighted by Crippen LogP contribution is -2.41. The smallest absolute Gasteiger partial charge is 0.409 e. The van der Waals surface area contributed by atoms with E-state index in [0.29, 0.717) is 12.3 Å². The van der Waals surface area contributed by atoms with Gasteiger partial charge in [-0.05, 0) is 0 Å². The lowest BCUT2D eigenvalue weighted by Gasteiger charge is -2.22. The summed E-state index contributed by atoms with van der Waals surface area (Å²) in [5, 5.41) is 0. The van der Waals surface area contributed by atoms with Gasteiger partial charge in [0.25, 0.3) is 0 Å². The summed E-state index contributed by atoms with van der Waals surface area (Å²) in [5.41, 5.74) is 0.437. The number of carbonyl (C=O) groups is 1. The molecule has 1 aliphatic rings. The van der Waals surface area contributed by atoms with Crippen LogP contribution >= 0.6 is 0 Å². The first-order valence-corrected chi connectivity index (χ1v) is 6.90. The lowest BCUT2D eigenvalue weighted by molar-refractivity contribution is 0.163. The number of amides is 1. The Morgan fingerprint density at radius 2 is 2.17 bits per heavy atom. The van der Waals surface area contributed by atoms with Gasteiger partial charge in [-0.1, -0.05) is 25.9 Å². The summed E-state index contributed by atoms with van der Waals surface area (Å²) < 4.78 is 4.98. The summed E-state index contributed by atoms with van der Waals surface area (Å²) in [7, 11) is 1.09. The third-order valence-corrected chi connectivity index (χ3v) is 6.58. The van der Waals surface area contributed by atoms with Crippen LogP contribution in [-0.2, 0) is 4.74 Å². The molecule has 0 bridgehead atoms. The highest BCUT2D eigenvalue weighted by Crippen LogP contribution is 2.16. The number of ether oxygens (including phenoxy) is 1. The molecule has 1 rings (SSSR count). The molecule has 1 fully saturated rings. The van der Waals surface area contributed by atoms with Gasteiger partial charge in [-0.2, -0.15) is 0 Å². The minimum atomic E-state index is -0.761. The van der Waals surface area contributed by atoms with Crippen LogP contribution in [0.25, 0.3) is 0 Å². The van der Waals surface area contributed by atoms with Gasteiger partial charge >= 0.3 is 6.09 Å². The highest BCUT2D eigenvalue weighted by molar-refractivity contribution is 6.60. The number of hydrogen-bond donors (Lipinski definition) is 0. The molecule has 0 saturated carbocycles. The number of nitrogens with zero attached hydrogens (tertiary/aromatic N) is 1. The van der Waals surface area contributed by atoms with Crippen LogP contribution in [0.3, 0.4) is 0 Å². The summed E-state index contributed by atoms with van der Waals surface area (Å²) in [6.07, 6.45) is -0.139. The number of cyclic esters (lactones) is 1. The van der Waals surface area contributed by atoms with Gasteiger partial charge in [0.05, 0.1) is 14.5 Å². The molecule has 0 radical (unpaired) electrons. The van der Waals surface area contributed by atoms with Gasteiger partial charge in [0.2, 0.25) is 0 Å². The van der Waals surface area contributed by atoms with E-state index in [9.17, 15) is 4.79 Å². The first-order valence-electron chi connectivity index (χ1n) is 4.60. The average Bonchev–Trinajstić information content (AvgIpc) is 2.38. The van der Waals surface area contributed by atoms with E-state index in [0.717, 1.165) is 0 Å². The van der Waals surface area contributed by atoms with Gasteiger partial charge in [-0.3, -0.25) is 0 Å². The Labute approximate surface area is 75.3 Å². The predicted octanol–water partition coefficient (Wildman–Crippen LogP) is 1.24. The van der Waals surface area contributed by atoms with Crippen molar-refractivity contribution in [3.63, 3.8) is 0 Å². The van der Waals surface area contributed by atoms with Crippen LogP contribution in [0.15, 0.2) is 0 Å². The van der Waals surface area contributed by atoms with E-state index < -0.39 is 8.80 Å². The zero-order chi connectivity index (χ0) is 9.14. The van der Waals surface area contributed by atoms with Crippen molar-refractivity contribution in [1.82, 2.24) is 4.90 Å². The largest absolute Gasteiger partial charge is 0.448 e. The van der Waals surface area contributed by atoms with Crippen molar-refractivity contribution in [2.45, 2.75) is 31.6 Å². The molecule has 1 amide bonds. The SMILES string of the molecule is CC[SiH](CC)C1COC(=O)N1C. The summed E-state index contributed by atoms with van der Waals surface area (Å²) in [6, 6.07) is 2.50. The minimum Gasteiger partial charge on any atom is -0.448 e. The zero-order valence-corrected chi connectivity index (χ0v) is 9.19. The maximum atomic E-state index is 11.0. The molecule has 3 nitrogen and oxygen atoms in total. The molecule has 0 aromatic rings. The van der Waals surface area contributed by atoms with E-state index in [1.807, 2.05) is 7.05 Å². The second-order valence-corrected chi connectivity index (χ2v) is 7.25. The highest BCUT2D eigenvalue weighted by Gasteiger charge is 2.34. The van der Waals surface area contributed by atoms with E-state index in [1.54, 1.807) is 4.90 Å². The summed E-state index contributed by atoms with van der Waals surface area (Å²) in [4.78, 5) is 12.8. The Balaban J connectivity index is 2.57. The molecule has 1 saturated heterocycles. The van der Waals surface area contributed by atoms with Crippen LogP contribution in [-0.4, -0.2) is 39.1 Å². The fourth-order valence-corrected chi connectivity index (χ4v) is 4.58. The van der Waals surface area contributed by atoms with E-state index in [-0.39, 0.29) is 6.09 Å². The third kappa shape index (κ3) is 1.63. The maximum Gasteiger partial charge on any atom is 0.409 e. The van der Waals surface area contributed by atoms with Crippen molar-refractivity contribution in [2.24, 2.45) is 0 Å². The van der Waals surface area contributed by atoms with E-state index in [2.05, 4.69) is 13.8 Å². The van der Waals surface area contributed by atoms with Crippen molar-refractivity contribution in [1.29, 1.82) is 0 Å². The molecule has 1 atom stereocenters. The van der Waals surface area contributed by atoms with Crippen LogP contribution in [0.4, 0.5) is 4.79 Å². The lowest BCUT2D eigenvalue weighted by atomic mass is 10.6. The molecular weight excluding hydrogens is 170 g/mol. The van der Waals surface area contributed by atoms with Crippen LogP contribution in [0.1, 0.15) is 13.8 Å². The molecule has 0 spiro atoms. The standard InChI is InChI=1S/C8H17NO2Si/c1-4-12(5-2)7-6-11-8(10)9(7)3/h7,12H,4-6H2,1-3H3. The normalized spacial score (nSPS) is 23.5. The summed E-state index contributed by atoms with van der Waals surface area (Å²) in [5.74, 6) is 0. The molecule has 0 aromatic carbocycles. The van der Waals surface area contributed by atoms with E-state index >= 15 is 0 Å². The topological polar surface area (TPSA) is 29.5 Å². The Hall–Kier alpha value is -0.513. The first kappa shape index (κ1) is 9.57. The van der Waals surface area contributed by atoms with Gasteiger partial charge in [0, 0.05) is 7.05 Å². The van der Waals surface area contributed by atoms with Crippen molar-refractivity contribution in [2.75, 3.05) is 13.7 Å². The van der Waals surface area contributed by atoms with Crippen molar-refractivity contribution in [3.05, 3.63) is 0 Å². The second kappa shape index (κ2) is 3.94. The second-order valence-electron chi connectivity index (χ2n) is 3.33. The van der Waals surface area contributed by atoms with Crippen LogP contribution in [0.2, 0.25) is 12.1 Å². The molecule has 4 heteroatoms. The van der Waals surface area contributed by atoms with Gasteiger partial charge < -0.3 is 9.64 Å². The highest BCUT2D eigenvalue weighted by atomic mass is 28.3. The predicted molar refractivity (Wildman–Crippen MR) is 51.0 cm³/mol. The van der Waals surface area contributed by atoms with Crippen molar-refractivity contribution in [3.8, 4) is 0 Å². The Morgan fingerprint density at radius 1 is 1.58 bits per heavy atom. The fourth-order valence-electron chi connectivity index (χ4n) is 1.79. The number of hydrogen-bond acceptors (Lipinski definition) is 2. The fraction of sp³-hybridized carbons (Fsp3) is 0.875. The van der Waals surface area contributed by atoms with E-state index in [4.69, 9.17) is 4.74 Å². The van der Waals surface area contributed by atoms with Gasteiger partial charge in [-0.25, -0.2) is 4.79 Å². The number of carbonyl (C=O) groups excluding carboxylic acids is 1. The molecule has 1 aliphatic heterocycles. The maximum absolute atomic E-state index is 11.0. The molecular formula is C8H17NO2Si. The number of rotatable bonds is 3. The Bertz CT molecular complexity index is 170. The quantitative estimate of drug-likeness (QED) is 0.622. The van der Waals surface area contributed by atoms with Crippen LogP contribution in [0.5, 0.6) is 0 Å². The summed E-state index contributed by atoms with van der Waals surface area (Å²) >= 11 is 0. The molecule has 0 N–H and O–H groups in total. The van der Waals surface area contributed by atoms with Gasteiger partial charge in [-0.15, -0.1) is 0 Å². The zero-order valence-electron chi connectivity index (χ0n) is 8.04. The molecule has 70 valence electrons. The van der Waals surface area contributed by atoms with Crippen LogP contribution < -0.4 is 0 Å². The van der Waals surface area contributed by atoms with Crippen LogP contribution in [0, 0.1) is 0 Å². The summed E-state index contributed by atoms with van der Waals surface area (Å²) in [6.45, 7) is 5.07. The Kier molecular flexibility index (Phi) is 3.14. The first-order chi connectivity index (χ1) is 5.70. The van der Waals surface area contributed by atoms with Crippen molar-refractivity contribution < 1.29 is 9.53 Å². The van der Waals surface area contributed by atoms with E-state index in [1.165, 1.54) is 12.1 Å². The Morgan fingerprint density at radius 3 is 2.50 bits per heavy atom. The van der Waals surface area contributed by atoms with Gasteiger partial charge in [0.15, 0.2) is 0 Å². The average molecular weight is 187 g/mol.